The molecule has 0 unspecified atom stereocenters. The van der Waals surface area contributed by atoms with E-state index >= 15 is 0 Å². The number of rotatable bonds is 9. The molecule has 0 spiro atoms. The zero-order chi connectivity index (χ0) is 19.6. The summed E-state index contributed by atoms with van der Waals surface area (Å²) in [5, 5.41) is 10.8. The number of benzene rings is 1. The second kappa shape index (κ2) is 10.6. The van der Waals surface area contributed by atoms with Crippen LogP contribution in [0, 0.1) is 0 Å². The standard InChI is InChI=1S/C21H33N5O/c1-6-17(7-2)20-13-19(27-25-20)15-24-21(22-8-3)23-14-16-10-9-11-18(12-16)26(4)5/h9-13,17H,6-8,14-15H2,1-5H3,(H2,22,23,24). The molecule has 148 valence electrons. The molecule has 0 amide bonds. The molecule has 0 fully saturated rings. The number of nitrogens with zero attached hydrogens (tertiary/aromatic N) is 3. The molecular weight excluding hydrogens is 338 g/mol. The maximum Gasteiger partial charge on any atom is 0.191 e. The Hall–Kier alpha value is -2.50. The summed E-state index contributed by atoms with van der Waals surface area (Å²) in [6.07, 6.45) is 2.15. The third-order valence-electron chi connectivity index (χ3n) is 4.60. The average molecular weight is 372 g/mol. The largest absolute Gasteiger partial charge is 0.378 e. The predicted octanol–water partition coefficient (Wildman–Crippen LogP) is 3.90. The molecule has 0 atom stereocenters. The summed E-state index contributed by atoms with van der Waals surface area (Å²) in [5.41, 5.74) is 3.39. The van der Waals surface area contributed by atoms with Crippen molar-refractivity contribution >= 4 is 11.6 Å². The van der Waals surface area contributed by atoms with Gasteiger partial charge in [-0.05, 0) is 37.5 Å². The summed E-state index contributed by atoms with van der Waals surface area (Å²) in [6.45, 7) is 8.41. The number of hydrogen-bond acceptors (Lipinski definition) is 4. The lowest BCUT2D eigenvalue weighted by Crippen LogP contribution is -2.36. The van der Waals surface area contributed by atoms with Gasteiger partial charge in [-0.3, -0.25) is 0 Å². The molecule has 0 bridgehead atoms. The number of aromatic nitrogens is 1. The number of aliphatic imine (C=N–C) groups is 1. The van der Waals surface area contributed by atoms with Gasteiger partial charge in [-0.25, -0.2) is 4.99 Å². The molecule has 0 aliphatic carbocycles. The number of hydrogen-bond donors (Lipinski definition) is 2. The van der Waals surface area contributed by atoms with Crippen LogP contribution in [-0.4, -0.2) is 31.8 Å². The third-order valence-corrected chi connectivity index (χ3v) is 4.60. The molecule has 6 heteroatoms. The fraction of sp³-hybridized carbons (Fsp3) is 0.524. The molecule has 2 N–H and O–H groups in total. The third kappa shape index (κ3) is 6.31. The molecule has 1 aromatic carbocycles. The van der Waals surface area contributed by atoms with Crippen molar-refractivity contribution in [1.82, 2.24) is 15.8 Å². The summed E-state index contributed by atoms with van der Waals surface area (Å²) in [5.74, 6) is 2.07. The molecule has 0 saturated carbocycles. The van der Waals surface area contributed by atoms with Crippen molar-refractivity contribution in [3.05, 3.63) is 47.3 Å². The van der Waals surface area contributed by atoms with E-state index in [1.807, 2.05) is 14.1 Å². The topological polar surface area (TPSA) is 65.7 Å². The van der Waals surface area contributed by atoms with Gasteiger partial charge in [-0.1, -0.05) is 31.1 Å². The lowest BCUT2D eigenvalue weighted by molar-refractivity contribution is 0.368. The normalized spacial score (nSPS) is 11.7. The molecular formula is C21H33N5O. The maximum absolute atomic E-state index is 5.48. The molecule has 0 aliphatic rings. The van der Waals surface area contributed by atoms with Crippen molar-refractivity contribution in [2.24, 2.45) is 4.99 Å². The SMILES string of the molecule is CCNC(=NCc1cccc(N(C)C)c1)NCc1cc(C(CC)CC)no1. The molecule has 1 aromatic heterocycles. The van der Waals surface area contributed by atoms with E-state index in [-0.39, 0.29) is 0 Å². The molecule has 0 saturated heterocycles. The minimum Gasteiger partial charge on any atom is -0.378 e. The lowest BCUT2D eigenvalue weighted by atomic mass is 9.99. The van der Waals surface area contributed by atoms with Gasteiger partial charge in [-0.2, -0.15) is 0 Å². The van der Waals surface area contributed by atoms with E-state index in [0.717, 1.165) is 36.8 Å². The van der Waals surface area contributed by atoms with Gasteiger partial charge in [0.15, 0.2) is 11.7 Å². The van der Waals surface area contributed by atoms with Crippen LogP contribution in [0.2, 0.25) is 0 Å². The fourth-order valence-corrected chi connectivity index (χ4v) is 2.93. The second-order valence-corrected chi connectivity index (χ2v) is 6.84. The van der Waals surface area contributed by atoms with Gasteiger partial charge in [0.2, 0.25) is 0 Å². The van der Waals surface area contributed by atoms with Crippen molar-refractivity contribution < 1.29 is 4.52 Å². The van der Waals surface area contributed by atoms with Crippen LogP contribution < -0.4 is 15.5 Å². The minimum atomic E-state index is 0.466. The Bertz CT molecular complexity index is 719. The van der Waals surface area contributed by atoms with Crippen LogP contribution in [0.3, 0.4) is 0 Å². The van der Waals surface area contributed by atoms with Crippen LogP contribution in [0.4, 0.5) is 5.69 Å². The van der Waals surface area contributed by atoms with Gasteiger partial charge in [0, 0.05) is 38.3 Å². The van der Waals surface area contributed by atoms with Gasteiger partial charge in [0.25, 0.3) is 0 Å². The van der Waals surface area contributed by atoms with Crippen LogP contribution >= 0.6 is 0 Å². The van der Waals surface area contributed by atoms with Crippen molar-refractivity contribution in [2.75, 3.05) is 25.5 Å². The Kier molecular flexibility index (Phi) is 8.17. The molecule has 0 radical (unpaired) electrons. The fourth-order valence-electron chi connectivity index (χ4n) is 2.93. The van der Waals surface area contributed by atoms with Crippen LogP contribution in [0.1, 0.15) is 56.5 Å². The van der Waals surface area contributed by atoms with Gasteiger partial charge < -0.3 is 20.1 Å². The molecule has 2 rings (SSSR count). The number of nitrogens with one attached hydrogen (secondary N) is 2. The predicted molar refractivity (Wildman–Crippen MR) is 112 cm³/mol. The molecule has 6 nitrogen and oxygen atoms in total. The second-order valence-electron chi connectivity index (χ2n) is 6.84. The summed E-state index contributed by atoms with van der Waals surface area (Å²) in [4.78, 5) is 6.78. The molecule has 27 heavy (non-hydrogen) atoms. The molecule has 1 heterocycles. The molecule has 2 aromatic rings. The maximum atomic E-state index is 5.48. The van der Waals surface area contributed by atoms with E-state index in [9.17, 15) is 0 Å². The van der Waals surface area contributed by atoms with E-state index in [4.69, 9.17) is 4.52 Å². The smallest absolute Gasteiger partial charge is 0.191 e. The van der Waals surface area contributed by atoms with Crippen LogP contribution in [0.25, 0.3) is 0 Å². The van der Waals surface area contributed by atoms with Crippen molar-refractivity contribution in [3.63, 3.8) is 0 Å². The summed E-state index contributed by atoms with van der Waals surface area (Å²) < 4.78 is 5.48. The highest BCUT2D eigenvalue weighted by Crippen LogP contribution is 2.22. The van der Waals surface area contributed by atoms with E-state index < -0.39 is 0 Å². The van der Waals surface area contributed by atoms with Gasteiger partial charge in [-0.15, -0.1) is 0 Å². The quantitative estimate of drug-likeness (QED) is 0.517. The zero-order valence-corrected chi connectivity index (χ0v) is 17.2. The van der Waals surface area contributed by atoms with Gasteiger partial charge in [0.1, 0.15) is 0 Å². The van der Waals surface area contributed by atoms with Crippen LogP contribution in [0.15, 0.2) is 39.8 Å². The molecule has 0 aliphatic heterocycles. The number of anilines is 1. The van der Waals surface area contributed by atoms with Gasteiger partial charge in [0.05, 0.1) is 18.8 Å². The number of guanidine groups is 1. The van der Waals surface area contributed by atoms with E-state index in [1.54, 1.807) is 0 Å². The van der Waals surface area contributed by atoms with Gasteiger partial charge >= 0.3 is 0 Å². The lowest BCUT2D eigenvalue weighted by Gasteiger charge is -2.13. The van der Waals surface area contributed by atoms with Crippen molar-refractivity contribution in [3.8, 4) is 0 Å². The van der Waals surface area contributed by atoms with E-state index in [1.165, 1.54) is 11.3 Å². The Morgan fingerprint density at radius 3 is 2.59 bits per heavy atom. The zero-order valence-electron chi connectivity index (χ0n) is 17.2. The van der Waals surface area contributed by atoms with E-state index in [2.05, 4.69) is 76.8 Å². The summed E-state index contributed by atoms with van der Waals surface area (Å²) in [6, 6.07) is 10.5. The Balaban J connectivity index is 1.98. The highest BCUT2D eigenvalue weighted by Gasteiger charge is 2.13. The van der Waals surface area contributed by atoms with E-state index in [0.29, 0.717) is 19.0 Å². The summed E-state index contributed by atoms with van der Waals surface area (Å²) in [7, 11) is 4.09. The van der Waals surface area contributed by atoms with Crippen LogP contribution in [-0.2, 0) is 13.1 Å². The first-order valence-corrected chi connectivity index (χ1v) is 9.81. The first-order chi connectivity index (χ1) is 13.1. The minimum absolute atomic E-state index is 0.466. The van der Waals surface area contributed by atoms with Crippen molar-refractivity contribution in [2.45, 2.75) is 52.6 Å². The highest BCUT2D eigenvalue weighted by atomic mass is 16.5. The highest BCUT2D eigenvalue weighted by molar-refractivity contribution is 5.79. The van der Waals surface area contributed by atoms with Crippen molar-refractivity contribution in [1.29, 1.82) is 0 Å². The summed E-state index contributed by atoms with van der Waals surface area (Å²) >= 11 is 0. The monoisotopic (exact) mass is 371 g/mol. The Morgan fingerprint density at radius 2 is 1.93 bits per heavy atom. The first kappa shape index (κ1) is 20.8. The average Bonchev–Trinajstić information content (AvgIpc) is 3.14. The first-order valence-electron chi connectivity index (χ1n) is 9.81. The Morgan fingerprint density at radius 1 is 1.15 bits per heavy atom. The van der Waals surface area contributed by atoms with Crippen LogP contribution in [0.5, 0.6) is 0 Å². The Labute approximate surface area is 163 Å².